The van der Waals surface area contributed by atoms with E-state index in [-0.39, 0.29) is 5.78 Å². The number of para-hydroxylation sites is 1. The highest BCUT2D eigenvalue weighted by atomic mass is 16.5. The van der Waals surface area contributed by atoms with Crippen molar-refractivity contribution in [3.05, 3.63) is 58.7 Å². The van der Waals surface area contributed by atoms with Crippen molar-refractivity contribution in [1.82, 2.24) is 0 Å². The summed E-state index contributed by atoms with van der Waals surface area (Å²) in [5.41, 5.74) is 2.70. The first kappa shape index (κ1) is 17.5. The molecule has 3 rings (SSSR count). The van der Waals surface area contributed by atoms with Crippen LogP contribution in [-0.4, -0.2) is 37.7 Å². The second-order valence-corrected chi connectivity index (χ2v) is 5.76. The number of hydrogen-bond donors (Lipinski definition) is 1. The van der Waals surface area contributed by atoms with Crippen LogP contribution in [0.2, 0.25) is 0 Å². The second-order valence-electron chi connectivity index (χ2n) is 5.76. The van der Waals surface area contributed by atoms with E-state index in [1.165, 1.54) is 7.11 Å². The van der Waals surface area contributed by atoms with Crippen molar-refractivity contribution in [3.8, 4) is 17.2 Å². The number of benzene rings is 2. The molecule has 0 amide bonds. The number of carbonyl (C=O) groups excluding carboxylic acids is 1. The van der Waals surface area contributed by atoms with Crippen LogP contribution >= 0.6 is 0 Å². The van der Waals surface area contributed by atoms with Crippen molar-refractivity contribution >= 4 is 17.8 Å². The Morgan fingerprint density at radius 1 is 1.12 bits per heavy atom. The average molecular weight is 354 g/mol. The van der Waals surface area contributed by atoms with Gasteiger partial charge in [-0.25, -0.2) is 4.79 Å². The molecule has 0 saturated heterocycles. The van der Waals surface area contributed by atoms with E-state index in [1.54, 1.807) is 49.6 Å². The highest BCUT2D eigenvalue weighted by Gasteiger charge is 2.27. The van der Waals surface area contributed by atoms with Crippen molar-refractivity contribution in [2.24, 2.45) is 0 Å². The Balaban J connectivity index is 1.94. The molecule has 6 heteroatoms. The molecule has 2 aromatic carbocycles. The molecule has 0 aromatic heterocycles. The molecule has 0 saturated carbocycles. The van der Waals surface area contributed by atoms with Gasteiger partial charge in [-0.15, -0.1) is 0 Å². The summed E-state index contributed by atoms with van der Waals surface area (Å²) in [5, 5.41) is 8.79. The normalized spacial score (nSPS) is 14.2. The molecule has 2 aromatic rings. The van der Waals surface area contributed by atoms with E-state index in [9.17, 15) is 9.59 Å². The predicted octanol–water partition coefficient (Wildman–Crippen LogP) is 2.99. The zero-order chi connectivity index (χ0) is 18.7. The summed E-state index contributed by atoms with van der Waals surface area (Å²) in [6.45, 7) is -0.442. The fraction of sp³-hybridized carbons (Fsp3) is 0.200. The Bertz CT molecular complexity index is 897. The van der Waals surface area contributed by atoms with Crippen LogP contribution in [-0.2, 0) is 11.2 Å². The van der Waals surface area contributed by atoms with E-state index in [1.807, 2.05) is 0 Å². The van der Waals surface area contributed by atoms with Gasteiger partial charge < -0.3 is 19.3 Å². The lowest BCUT2D eigenvalue weighted by Crippen LogP contribution is -2.10. The molecular weight excluding hydrogens is 336 g/mol. The number of allylic oxidation sites excluding steroid dienone is 1. The highest BCUT2D eigenvalue weighted by Crippen LogP contribution is 2.37. The van der Waals surface area contributed by atoms with Gasteiger partial charge in [0.15, 0.2) is 23.9 Å². The smallest absolute Gasteiger partial charge is 0.341 e. The van der Waals surface area contributed by atoms with Crippen molar-refractivity contribution in [1.29, 1.82) is 0 Å². The molecule has 1 aliphatic carbocycles. The standard InChI is InChI=1S/C20H18O6/c1-24-17-9-13-8-14(20(23)15(13)10-18(17)25-2)7-12-5-3-4-6-16(12)26-11-19(21)22/h3-7,9-10H,8,11H2,1-2H3,(H,21,22). The molecule has 0 fully saturated rings. The van der Waals surface area contributed by atoms with Gasteiger partial charge in [-0.2, -0.15) is 0 Å². The number of ketones is 1. The van der Waals surface area contributed by atoms with Crippen LogP contribution in [0.4, 0.5) is 0 Å². The lowest BCUT2D eigenvalue weighted by Gasteiger charge is -2.08. The number of methoxy groups -OCH3 is 2. The SMILES string of the molecule is COc1cc2c(cc1OC)C(=O)C(=Cc1ccccc1OCC(=O)O)C2. The summed E-state index contributed by atoms with van der Waals surface area (Å²) >= 11 is 0. The summed E-state index contributed by atoms with van der Waals surface area (Å²) in [5.74, 6) is 0.350. The topological polar surface area (TPSA) is 82.1 Å². The molecule has 0 bridgehead atoms. The van der Waals surface area contributed by atoms with Gasteiger partial charge in [0.05, 0.1) is 14.2 Å². The van der Waals surface area contributed by atoms with Crippen LogP contribution < -0.4 is 14.2 Å². The lowest BCUT2D eigenvalue weighted by atomic mass is 10.1. The predicted molar refractivity (Wildman–Crippen MR) is 95.1 cm³/mol. The molecule has 26 heavy (non-hydrogen) atoms. The molecule has 0 unspecified atom stereocenters. The largest absolute Gasteiger partial charge is 0.493 e. The summed E-state index contributed by atoms with van der Waals surface area (Å²) in [6.07, 6.45) is 2.19. The van der Waals surface area contributed by atoms with E-state index in [2.05, 4.69) is 0 Å². The molecule has 0 atom stereocenters. The first-order valence-electron chi connectivity index (χ1n) is 7.97. The van der Waals surface area contributed by atoms with Crippen LogP contribution in [0.1, 0.15) is 21.5 Å². The fourth-order valence-electron chi connectivity index (χ4n) is 2.91. The molecule has 0 heterocycles. The molecule has 1 N–H and O–H groups in total. The van der Waals surface area contributed by atoms with Gasteiger partial charge in [0, 0.05) is 23.1 Å². The molecule has 6 nitrogen and oxygen atoms in total. The van der Waals surface area contributed by atoms with E-state index >= 15 is 0 Å². The number of aliphatic carboxylic acids is 1. The number of Topliss-reactive ketones (excluding diaryl/α,β-unsaturated/α-hetero) is 1. The maximum atomic E-state index is 12.7. The molecule has 0 spiro atoms. The zero-order valence-electron chi connectivity index (χ0n) is 14.4. The molecule has 1 aliphatic rings. The van der Waals surface area contributed by atoms with E-state index in [0.29, 0.717) is 40.4 Å². The number of rotatable bonds is 6. The number of ether oxygens (including phenoxy) is 3. The van der Waals surface area contributed by atoms with Gasteiger partial charge in [-0.3, -0.25) is 4.79 Å². The quantitative estimate of drug-likeness (QED) is 0.803. The average Bonchev–Trinajstić information content (AvgIpc) is 2.94. The van der Waals surface area contributed by atoms with Crippen LogP contribution in [0.25, 0.3) is 6.08 Å². The number of carboxylic acid groups (broad SMARTS) is 1. The van der Waals surface area contributed by atoms with Gasteiger partial charge in [0.2, 0.25) is 0 Å². The van der Waals surface area contributed by atoms with E-state index in [4.69, 9.17) is 19.3 Å². The summed E-state index contributed by atoms with van der Waals surface area (Å²) in [7, 11) is 3.07. The molecule has 0 radical (unpaired) electrons. The van der Waals surface area contributed by atoms with Crippen molar-refractivity contribution < 1.29 is 28.9 Å². The number of carboxylic acids is 1. The van der Waals surface area contributed by atoms with Crippen LogP contribution in [0, 0.1) is 0 Å². The van der Waals surface area contributed by atoms with Crippen molar-refractivity contribution in [2.75, 3.05) is 20.8 Å². The van der Waals surface area contributed by atoms with Crippen LogP contribution in [0.5, 0.6) is 17.2 Å². The monoisotopic (exact) mass is 354 g/mol. The zero-order valence-corrected chi connectivity index (χ0v) is 14.4. The summed E-state index contributed by atoms with van der Waals surface area (Å²) in [6, 6.07) is 10.5. The third-order valence-corrected chi connectivity index (χ3v) is 4.13. The van der Waals surface area contributed by atoms with Gasteiger partial charge >= 0.3 is 5.97 Å². The van der Waals surface area contributed by atoms with Crippen LogP contribution in [0.15, 0.2) is 42.0 Å². The number of carbonyl (C=O) groups is 2. The van der Waals surface area contributed by atoms with Gasteiger partial charge in [0.1, 0.15) is 5.75 Å². The van der Waals surface area contributed by atoms with Crippen molar-refractivity contribution in [3.63, 3.8) is 0 Å². The maximum absolute atomic E-state index is 12.7. The Labute approximate surface area is 150 Å². The Kier molecular flexibility index (Phi) is 4.93. The third kappa shape index (κ3) is 3.39. The highest BCUT2D eigenvalue weighted by molar-refractivity contribution is 6.16. The number of hydrogen-bond acceptors (Lipinski definition) is 5. The maximum Gasteiger partial charge on any atom is 0.341 e. The Hall–Kier alpha value is -3.28. The third-order valence-electron chi connectivity index (χ3n) is 4.13. The first-order chi connectivity index (χ1) is 12.5. The minimum Gasteiger partial charge on any atom is -0.493 e. The Morgan fingerprint density at radius 3 is 2.50 bits per heavy atom. The van der Waals surface area contributed by atoms with E-state index < -0.39 is 12.6 Å². The molecule has 134 valence electrons. The van der Waals surface area contributed by atoms with Gasteiger partial charge in [-0.1, -0.05) is 18.2 Å². The van der Waals surface area contributed by atoms with Gasteiger partial charge in [0.25, 0.3) is 0 Å². The molecular formula is C20H18O6. The fourth-order valence-corrected chi connectivity index (χ4v) is 2.91. The van der Waals surface area contributed by atoms with Gasteiger partial charge in [-0.05, 0) is 29.8 Å². The Morgan fingerprint density at radius 2 is 1.81 bits per heavy atom. The van der Waals surface area contributed by atoms with E-state index in [0.717, 1.165) is 5.56 Å². The molecule has 0 aliphatic heterocycles. The summed E-state index contributed by atoms with van der Waals surface area (Å²) < 4.78 is 15.9. The van der Waals surface area contributed by atoms with Crippen LogP contribution in [0.3, 0.4) is 0 Å². The number of fused-ring (bicyclic) bond motifs is 1. The summed E-state index contributed by atoms with van der Waals surface area (Å²) in [4.78, 5) is 23.5. The first-order valence-corrected chi connectivity index (χ1v) is 7.97. The second kappa shape index (κ2) is 7.31. The van der Waals surface area contributed by atoms with Crippen molar-refractivity contribution in [2.45, 2.75) is 6.42 Å². The lowest BCUT2D eigenvalue weighted by molar-refractivity contribution is -0.139. The minimum atomic E-state index is -1.06. The minimum absolute atomic E-state index is 0.0889.